The maximum Gasteiger partial charge on any atom is 0.232 e. The van der Waals surface area contributed by atoms with Crippen LogP contribution in [0.15, 0.2) is 0 Å². The van der Waals surface area contributed by atoms with E-state index in [2.05, 4.69) is 0 Å². The Morgan fingerprint density at radius 2 is 1.88 bits per heavy atom. The lowest BCUT2D eigenvalue weighted by molar-refractivity contribution is -0.143. The van der Waals surface area contributed by atoms with Gasteiger partial charge in [-0.05, 0) is 18.8 Å². The van der Waals surface area contributed by atoms with Crippen molar-refractivity contribution in [3.63, 3.8) is 0 Å². The summed E-state index contributed by atoms with van der Waals surface area (Å²) in [6, 6.07) is 0. The maximum atomic E-state index is 12.4. The summed E-state index contributed by atoms with van der Waals surface area (Å²) in [6.45, 7) is 5.36. The molecule has 2 bridgehead atoms. The Morgan fingerprint density at radius 1 is 1.35 bits per heavy atom. The van der Waals surface area contributed by atoms with Crippen molar-refractivity contribution < 1.29 is 9.53 Å². The van der Waals surface area contributed by atoms with Crippen LogP contribution in [0.5, 0.6) is 0 Å². The first kappa shape index (κ1) is 12.8. The zero-order chi connectivity index (χ0) is 12.6. The number of ether oxygens (including phenoxy) is 1. The molecule has 2 fully saturated rings. The van der Waals surface area contributed by atoms with Crippen LogP contribution in [0, 0.1) is 11.8 Å². The quantitative estimate of drug-likeness (QED) is 0.763. The number of amides is 1. The zero-order valence-electron chi connectivity index (χ0n) is 10.4. The number of hydrogen-bond acceptors (Lipinski definition) is 3. The lowest BCUT2D eigenvalue weighted by atomic mass is 9.94. The molecule has 2 N–H and O–H groups in total. The summed E-state index contributed by atoms with van der Waals surface area (Å²) in [5.41, 5.74) is 5.68. The number of morpholine rings is 1. The predicted octanol–water partition coefficient (Wildman–Crippen LogP) is 0.935. The number of carbonyl (C=O) groups excluding carboxylic acids is 1. The minimum atomic E-state index is -0.331. The van der Waals surface area contributed by atoms with Gasteiger partial charge in [-0.25, -0.2) is 0 Å². The van der Waals surface area contributed by atoms with E-state index in [4.69, 9.17) is 22.7 Å². The molecule has 4 nitrogen and oxygen atoms in total. The highest BCUT2D eigenvalue weighted by Gasteiger charge is 2.38. The van der Waals surface area contributed by atoms with Crippen LogP contribution in [0.4, 0.5) is 0 Å². The van der Waals surface area contributed by atoms with E-state index >= 15 is 0 Å². The molecule has 2 heterocycles. The molecule has 2 aliphatic heterocycles. The van der Waals surface area contributed by atoms with Crippen molar-refractivity contribution in [3.05, 3.63) is 0 Å². The summed E-state index contributed by atoms with van der Waals surface area (Å²) in [6.07, 6.45) is 2.57. The Morgan fingerprint density at radius 3 is 2.29 bits per heavy atom. The lowest BCUT2D eigenvalue weighted by Gasteiger charge is -2.35. The molecule has 0 aliphatic carbocycles. The van der Waals surface area contributed by atoms with Crippen molar-refractivity contribution in [2.45, 2.75) is 38.9 Å². The van der Waals surface area contributed by atoms with Crippen molar-refractivity contribution >= 4 is 23.1 Å². The van der Waals surface area contributed by atoms with Crippen LogP contribution in [0.25, 0.3) is 0 Å². The van der Waals surface area contributed by atoms with Crippen LogP contribution in [0.1, 0.15) is 26.7 Å². The van der Waals surface area contributed by atoms with E-state index in [9.17, 15) is 4.79 Å². The van der Waals surface area contributed by atoms with Crippen molar-refractivity contribution in [2.75, 3.05) is 13.1 Å². The number of likely N-dealkylation sites (tertiary alicyclic amines) is 1. The highest BCUT2D eigenvalue weighted by molar-refractivity contribution is 7.80. The van der Waals surface area contributed by atoms with Crippen LogP contribution < -0.4 is 5.73 Å². The standard InChI is InChI=1S/C12H20N2O2S/c1-7(2)10(11(13)17)12(15)14-5-8-3-4-9(6-14)16-8/h7-10H,3-6H2,1-2H3,(H2,13,17). The second kappa shape index (κ2) is 4.90. The van der Waals surface area contributed by atoms with Crippen molar-refractivity contribution in [1.29, 1.82) is 0 Å². The summed E-state index contributed by atoms with van der Waals surface area (Å²) in [7, 11) is 0. The SMILES string of the molecule is CC(C)C(C(=O)N1CC2CCC(C1)O2)C(N)=S. The van der Waals surface area contributed by atoms with E-state index in [0.717, 1.165) is 12.8 Å². The third-order valence-electron chi connectivity index (χ3n) is 3.59. The summed E-state index contributed by atoms with van der Waals surface area (Å²) in [4.78, 5) is 14.6. The molecular weight excluding hydrogens is 236 g/mol. The first-order valence-electron chi connectivity index (χ1n) is 6.22. The topological polar surface area (TPSA) is 55.6 Å². The van der Waals surface area contributed by atoms with Gasteiger partial charge in [0.15, 0.2) is 0 Å². The van der Waals surface area contributed by atoms with Crippen LogP contribution in [-0.2, 0) is 9.53 Å². The van der Waals surface area contributed by atoms with Crippen molar-refractivity contribution in [2.24, 2.45) is 17.6 Å². The van der Waals surface area contributed by atoms with E-state index in [-0.39, 0.29) is 30.0 Å². The van der Waals surface area contributed by atoms with Crippen LogP contribution in [0.3, 0.4) is 0 Å². The fraction of sp³-hybridized carbons (Fsp3) is 0.833. The number of rotatable bonds is 3. The number of hydrogen-bond donors (Lipinski definition) is 1. The molecule has 0 saturated carbocycles. The lowest BCUT2D eigenvalue weighted by Crippen LogP contribution is -2.51. The molecule has 2 aliphatic rings. The summed E-state index contributed by atoms with van der Waals surface area (Å²) >= 11 is 5.01. The molecule has 3 atom stereocenters. The van der Waals surface area contributed by atoms with E-state index < -0.39 is 0 Å². The molecule has 96 valence electrons. The van der Waals surface area contributed by atoms with Crippen molar-refractivity contribution in [1.82, 2.24) is 4.90 Å². The fourth-order valence-corrected chi connectivity index (χ4v) is 3.10. The molecule has 0 aromatic rings. The zero-order valence-corrected chi connectivity index (χ0v) is 11.2. The van der Waals surface area contributed by atoms with Gasteiger partial charge in [0.2, 0.25) is 5.91 Å². The van der Waals surface area contributed by atoms with Gasteiger partial charge < -0.3 is 15.4 Å². The molecule has 3 unspecified atom stereocenters. The fourth-order valence-electron chi connectivity index (χ4n) is 2.73. The Kier molecular flexibility index (Phi) is 3.68. The second-order valence-corrected chi connectivity index (χ2v) is 5.80. The average Bonchev–Trinajstić information content (AvgIpc) is 2.56. The van der Waals surface area contributed by atoms with E-state index in [1.807, 2.05) is 18.7 Å². The minimum Gasteiger partial charge on any atom is -0.393 e. The first-order valence-corrected chi connectivity index (χ1v) is 6.63. The monoisotopic (exact) mass is 256 g/mol. The van der Waals surface area contributed by atoms with Gasteiger partial charge >= 0.3 is 0 Å². The highest BCUT2D eigenvalue weighted by Crippen LogP contribution is 2.28. The molecule has 0 aromatic heterocycles. The van der Waals surface area contributed by atoms with Crippen LogP contribution in [0.2, 0.25) is 0 Å². The molecule has 2 saturated heterocycles. The highest BCUT2D eigenvalue weighted by atomic mass is 32.1. The molecule has 0 radical (unpaired) electrons. The molecule has 0 spiro atoms. The molecule has 2 rings (SSSR count). The Bertz CT molecular complexity index is 320. The summed E-state index contributed by atoms with van der Waals surface area (Å²) in [5.74, 6) is -0.101. The van der Waals surface area contributed by atoms with Gasteiger partial charge in [-0.3, -0.25) is 4.79 Å². The Hall–Kier alpha value is -0.680. The van der Waals surface area contributed by atoms with Gasteiger partial charge in [0.25, 0.3) is 0 Å². The van der Waals surface area contributed by atoms with Crippen LogP contribution in [-0.4, -0.2) is 41.1 Å². The molecule has 1 amide bonds. The maximum absolute atomic E-state index is 12.4. The van der Waals surface area contributed by atoms with E-state index in [0.29, 0.717) is 18.1 Å². The van der Waals surface area contributed by atoms with Crippen LogP contribution >= 0.6 is 12.2 Å². The van der Waals surface area contributed by atoms with Gasteiger partial charge in [-0.15, -0.1) is 0 Å². The summed E-state index contributed by atoms with van der Waals surface area (Å²) in [5, 5.41) is 0. The van der Waals surface area contributed by atoms with E-state index in [1.54, 1.807) is 0 Å². The smallest absolute Gasteiger partial charge is 0.232 e. The normalized spacial score (nSPS) is 29.5. The van der Waals surface area contributed by atoms with Gasteiger partial charge in [0, 0.05) is 13.1 Å². The first-order chi connectivity index (χ1) is 7.99. The van der Waals surface area contributed by atoms with Crippen molar-refractivity contribution in [3.8, 4) is 0 Å². The van der Waals surface area contributed by atoms with E-state index in [1.165, 1.54) is 0 Å². The Labute approximate surface area is 107 Å². The number of nitrogens with zero attached hydrogens (tertiary/aromatic N) is 1. The predicted molar refractivity (Wildman–Crippen MR) is 69.6 cm³/mol. The minimum absolute atomic E-state index is 0.0766. The molecule has 5 heteroatoms. The van der Waals surface area contributed by atoms with Gasteiger partial charge in [0.1, 0.15) is 0 Å². The third-order valence-corrected chi connectivity index (χ3v) is 3.85. The number of nitrogens with two attached hydrogens (primary N) is 1. The molecule has 0 aromatic carbocycles. The second-order valence-electron chi connectivity index (χ2n) is 5.32. The van der Waals surface area contributed by atoms with Gasteiger partial charge in [0.05, 0.1) is 23.1 Å². The molecular formula is C12H20N2O2S. The largest absolute Gasteiger partial charge is 0.393 e. The van der Waals surface area contributed by atoms with Gasteiger partial charge in [-0.2, -0.15) is 0 Å². The number of fused-ring (bicyclic) bond motifs is 2. The Balaban J connectivity index is 2.06. The summed E-state index contributed by atoms with van der Waals surface area (Å²) < 4.78 is 5.72. The third kappa shape index (κ3) is 2.60. The molecule has 17 heavy (non-hydrogen) atoms. The van der Waals surface area contributed by atoms with Gasteiger partial charge in [-0.1, -0.05) is 26.1 Å². The number of carbonyl (C=O) groups is 1. The average molecular weight is 256 g/mol. The number of thiocarbonyl (C=S) groups is 1.